The van der Waals surface area contributed by atoms with Crippen molar-refractivity contribution >= 4 is 0 Å². The number of likely N-dealkylation sites (tertiary alicyclic amines) is 2. The molecule has 1 aromatic carbocycles. The van der Waals surface area contributed by atoms with Crippen molar-refractivity contribution in [3.05, 3.63) is 35.4 Å². The van der Waals surface area contributed by atoms with E-state index in [0.717, 1.165) is 37.7 Å². The Balaban J connectivity index is 1.16. The molecule has 0 amide bonds. The van der Waals surface area contributed by atoms with Crippen LogP contribution in [0.4, 0.5) is 8.78 Å². The van der Waals surface area contributed by atoms with Crippen LogP contribution >= 0.6 is 0 Å². The van der Waals surface area contributed by atoms with Crippen molar-refractivity contribution in [1.29, 1.82) is 0 Å². The standard InChI is InChI=1S/C24H35F2N3O/c25-17-5-6-21(26)20(13-17)23-22(27)14-19(15-30-23)28-10-7-24(8-11-28)9-12-29(16-24)18-3-1-2-4-18/h5-6,13,18-19,22-23H,1-4,7-12,14-16,27H2/t19-,22+,23-/m1/s1. The van der Waals surface area contributed by atoms with Crippen LogP contribution in [-0.2, 0) is 4.74 Å². The van der Waals surface area contributed by atoms with Gasteiger partial charge in [-0.1, -0.05) is 12.8 Å². The first-order valence-corrected chi connectivity index (χ1v) is 11.8. The summed E-state index contributed by atoms with van der Waals surface area (Å²) in [7, 11) is 0. The number of benzene rings is 1. The van der Waals surface area contributed by atoms with Gasteiger partial charge in [-0.3, -0.25) is 9.80 Å². The smallest absolute Gasteiger partial charge is 0.129 e. The number of nitrogens with two attached hydrogens (primary N) is 1. The number of hydrogen-bond acceptors (Lipinski definition) is 4. The van der Waals surface area contributed by atoms with Crippen molar-refractivity contribution in [3.8, 4) is 0 Å². The third-order valence-electron chi connectivity index (χ3n) is 8.35. The summed E-state index contributed by atoms with van der Waals surface area (Å²) >= 11 is 0. The normalized spacial score (nSPS) is 33.5. The van der Waals surface area contributed by atoms with Crippen molar-refractivity contribution in [3.63, 3.8) is 0 Å². The van der Waals surface area contributed by atoms with E-state index in [0.29, 0.717) is 12.0 Å². The molecule has 1 aliphatic carbocycles. The Morgan fingerprint density at radius 1 is 0.967 bits per heavy atom. The molecule has 0 bridgehead atoms. The predicted molar refractivity (Wildman–Crippen MR) is 113 cm³/mol. The van der Waals surface area contributed by atoms with Crippen LogP contribution in [0.1, 0.15) is 63.0 Å². The summed E-state index contributed by atoms with van der Waals surface area (Å²) in [5.41, 5.74) is 7.13. The molecule has 4 aliphatic rings. The largest absolute Gasteiger partial charge is 0.370 e. The van der Waals surface area contributed by atoms with E-state index in [-0.39, 0.29) is 17.6 Å². The number of ether oxygens (including phenoxy) is 1. The number of rotatable bonds is 3. The summed E-state index contributed by atoms with van der Waals surface area (Å²) in [6.07, 6.45) is 9.66. The Labute approximate surface area is 178 Å². The molecule has 1 spiro atoms. The lowest BCUT2D eigenvalue weighted by Gasteiger charge is -2.46. The zero-order valence-electron chi connectivity index (χ0n) is 17.9. The van der Waals surface area contributed by atoms with E-state index in [1.807, 2.05) is 0 Å². The van der Waals surface area contributed by atoms with Crippen molar-refractivity contribution in [2.75, 3.05) is 32.8 Å². The van der Waals surface area contributed by atoms with Crippen LogP contribution in [0.15, 0.2) is 18.2 Å². The van der Waals surface area contributed by atoms with Gasteiger partial charge < -0.3 is 10.5 Å². The second-order valence-corrected chi connectivity index (χ2v) is 10.2. The molecule has 4 nitrogen and oxygen atoms in total. The topological polar surface area (TPSA) is 41.7 Å². The molecule has 2 N–H and O–H groups in total. The maximum atomic E-state index is 14.2. The molecular weight excluding hydrogens is 384 g/mol. The summed E-state index contributed by atoms with van der Waals surface area (Å²) in [6.45, 7) is 5.29. The highest BCUT2D eigenvalue weighted by Crippen LogP contribution is 2.43. The minimum Gasteiger partial charge on any atom is -0.370 e. The summed E-state index contributed by atoms with van der Waals surface area (Å²) in [6, 6.07) is 4.32. The van der Waals surface area contributed by atoms with Gasteiger partial charge in [0.25, 0.3) is 0 Å². The SMILES string of the molecule is N[C@H]1C[C@@H](N2CCC3(CCN(C4CCCC4)C3)CC2)CO[C@@H]1c1cc(F)ccc1F. The van der Waals surface area contributed by atoms with Gasteiger partial charge in [0.1, 0.15) is 17.7 Å². The zero-order valence-corrected chi connectivity index (χ0v) is 17.9. The van der Waals surface area contributed by atoms with Gasteiger partial charge in [0, 0.05) is 30.2 Å². The fourth-order valence-electron chi connectivity index (χ4n) is 6.47. The maximum absolute atomic E-state index is 14.2. The van der Waals surface area contributed by atoms with Crippen molar-refractivity contribution in [1.82, 2.24) is 9.80 Å². The van der Waals surface area contributed by atoms with Gasteiger partial charge in [-0.05, 0) is 81.8 Å². The second-order valence-electron chi connectivity index (χ2n) is 10.2. The summed E-state index contributed by atoms with van der Waals surface area (Å²) < 4.78 is 33.8. The first kappa shape index (κ1) is 20.8. The fourth-order valence-corrected chi connectivity index (χ4v) is 6.47. The van der Waals surface area contributed by atoms with Gasteiger partial charge in [0.2, 0.25) is 0 Å². The minimum atomic E-state index is -0.567. The molecule has 166 valence electrons. The number of halogens is 2. The Morgan fingerprint density at radius 3 is 2.37 bits per heavy atom. The van der Waals surface area contributed by atoms with E-state index in [2.05, 4.69) is 9.80 Å². The Bertz CT molecular complexity index is 746. The average molecular weight is 420 g/mol. The molecule has 6 heteroatoms. The summed E-state index contributed by atoms with van der Waals surface area (Å²) in [5.74, 6) is -0.892. The number of hydrogen-bond donors (Lipinski definition) is 1. The Morgan fingerprint density at radius 2 is 1.67 bits per heavy atom. The van der Waals surface area contributed by atoms with Gasteiger partial charge in [0.15, 0.2) is 0 Å². The van der Waals surface area contributed by atoms with Crippen LogP contribution in [0.2, 0.25) is 0 Å². The van der Waals surface area contributed by atoms with E-state index in [4.69, 9.17) is 10.5 Å². The van der Waals surface area contributed by atoms with Crippen LogP contribution in [0.3, 0.4) is 0 Å². The van der Waals surface area contributed by atoms with E-state index < -0.39 is 17.7 Å². The lowest BCUT2D eigenvalue weighted by atomic mass is 9.77. The molecule has 4 fully saturated rings. The van der Waals surface area contributed by atoms with Gasteiger partial charge in [0.05, 0.1) is 6.61 Å². The lowest BCUT2D eigenvalue weighted by Crippen LogP contribution is -2.53. The summed E-state index contributed by atoms with van der Waals surface area (Å²) in [5, 5.41) is 0. The van der Waals surface area contributed by atoms with Crippen molar-refractivity contribution in [2.45, 2.75) is 75.6 Å². The predicted octanol–water partition coefficient (Wildman–Crippen LogP) is 3.85. The monoisotopic (exact) mass is 419 g/mol. The highest BCUT2D eigenvalue weighted by Gasteiger charge is 2.44. The van der Waals surface area contributed by atoms with Gasteiger partial charge in [-0.2, -0.15) is 0 Å². The van der Waals surface area contributed by atoms with E-state index >= 15 is 0 Å². The molecule has 1 saturated carbocycles. The molecular formula is C24H35F2N3O. The first-order chi connectivity index (χ1) is 14.5. The quantitative estimate of drug-likeness (QED) is 0.808. The van der Waals surface area contributed by atoms with E-state index in [9.17, 15) is 8.78 Å². The zero-order chi connectivity index (χ0) is 20.7. The molecule has 3 saturated heterocycles. The second kappa shape index (κ2) is 8.45. The van der Waals surface area contributed by atoms with Gasteiger partial charge in [-0.15, -0.1) is 0 Å². The number of nitrogens with zero attached hydrogens (tertiary/aromatic N) is 2. The van der Waals surface area contributed by atoms with Crippen LogP contribution in [-0.4, -0.2) is 60.7 Å². The molecule has 1 aromatic rings. The Hall–Kier alpha value is -1.08. The third kappa shape index (κ3) is 4.04. The van der Waals surface area contributed by atoms with Crippen LogP contribution < -0.4 is 5.73 Å². The molecule has 0 radical (unpaired) electrons. The third-order valence-corrected chi connectivity index (χ3v) is 8.35. The molecule has 0 unspecified atom stereocenters. The molecule has 5 rings (SSSR count). The molecule has 30 heavy (non-hydrogen) atoms. The van der Waals surface area contributed by atoms with Crippen molar-refractivity contribution < 1.29 is 13.5 Å². The molecule has 3 heterocycles. The Kier molecular flexibility index (Phi) is 5.86. The van der Waals surface area contributed by atoms with Crippen molar-refractivity contribution in [2.24, 2.45) is 11.1 Å². The minimum absolute atomic E-state index is 0.247. The molecule has 3 aliphatic heterocycles. The first-order valence-electron chi connectivity index (χ1n) is 11.8. The summed E-state index contributed by atoms with van der Waals surface area (Å²) in [4.78, 5) is 5.31. The number of piperidine rings is 1. The van der Waals surface area contributed by atoms with Crippen LogP contribution in [0.5, 0.6) is 0 Å². The maximum Gasteiger partial charge on any atom is 0.129 e. The van der Waals surface area contributed by atoms with Gasteiger partial charge in [-0.25, -0.2) is 8.78 Å². The van der Waals surface area contributed by atoms with Crippen LogP contribution in [0, 0.1) is 17.0 Å². The molecule has 3 atom stereocenters. The van der Waals surface area contributed by atoms with E-state index in [1.54, 1.807) is 0 Å². The van der Waals surface area contributed by atoms with Gasteiger partial charge >= 0.3 is 0 Å². The highest BCUT2D eigenvalue weighted by molar-refractivity contribution is 5.23. The van der Waals surface area contributed by atoms with Crippen LogP contribution in [0.25, 0.3) is 0 Å². The lowest BCUT2D eigenvalue weighted by molar-refractivity contribution is -0.0631. The molecule has 0 aromatic heterocycles. The average Bonchev–Trinajstić information content (AvgIpc) is 3.41. The fraction of sp³-hybridized carbons (Fsp3) is 0.750. The highest BCUT2D eigenvalue weighted by atomic mass is 19.1. The van der Waals surface area contributed by atoms with E-state index in [1.165, 1.54) is 64.1 Å².